The summed E-state index contributed by atoms with van der Waals surface area (Å²) in [5.74, 6) is -0.275. The van der Waals surface area contributed by atoms with Crippen LogP contribution in [-0.4, -0.2) is 43.7 Å². The van der Waals surface area contributed by atoms with E-state index in [9.17, 15) is 0 Å². The lowest BCUT2D eigenvalue weighted by Gasteiger charge is -2.23. The highest BCUT2D eigenvalue weighted by molar-refractivity contribution is 5.80. The van der Waals surface area contributed by atoms with Crippen LogP contribution in [0.1, 0.15) is 31.2 Å². The molecule has 32 heavy (non-hydrogen) atoms. The molecule has 4 atom stereocenters. The standard InChI is InChI=1S/C24H23N5O3/c1-24(2)31-21-19(10-6-14-5-7-15-4-3-11-26-16(15)12-14)30-20(22(21)32-24)17-8-9-18-23(25)27-13-28-29(17)18/h3-13,19-22H,1-2H3,(H2,25,27,28)/b10-6+/t19-,20+,21-,22+/m1/s1. The molecule has 2 saturated heterocycles. The van der Waals surface area contributed by atoms with Gasteiger partial charge in [-0.3, -0.25) is 4.98 Å². The van der Waals surface area contributed by atoms with E-state index in [1.54, 1.807) is 10.7 Å². The Kier molecular flexibility index (Phi) is 4.29. The van der Waals surface area contributed by atoms with Gasteiger partial charge in [-0.25, -0.2) is 9.50 Å². The number of ether oxygens (including phenoxy) is 3. The number of anilines is 1. The van der Waals surface area contributed by atoms with Gasteiger partial charge < -0.3 is 19.9 Å². The van der Waals surface area contributed by atoms with Gasteiger partial charge in [0.05, 0.1) is 11.2 Å². The van der Waals surface area contributed by atoms with Gasteiger partial charge in [-0.15, -0.1) is 0 Å². The number of nitrogens with zero attached hydrogens (tertiary/aromatic N) is 4. The zero-order valence-electron chi connectivity index (χ0n) is 17.8. The largest absolute Gasteiger partial charge is 0.382 e. The molecule has 2 aliphatic rings. The van der Waals surface area contributed by atoms with Gasteiger partial charge in [-0.05, 0) is 43.7 Å². The van der Waals surface area contributed by atoms with Gasteiger partial charge in [0.25, 0.3) is 0 Å². The molecule has 0 saturated carbocycles. The summed E-state index contributed by atoms with van der Waals surface area (Å²) < 4.78 is 20.7. The third-order valence-corrected chi connectivity index (χ3v) is 6.00. The molecular formula is C24H23N5O3. The second-order valence-corrected chi connectivity index (χ2v) is 8.60. The minimum absolute atomic E-state index is 0.241. The molecule has 8 nitrogen and oxygen atoms in total. The Bertz CT molecular complexity index is 1350. The highest BCUT2D eigenvalue weighted by atomic mass is 16.8. The minimum atomic E-state index is -0.697. The lowest BCUT2D eigenvalue weighted by atomic mass is 10.0. The lowest BCUT2D eigenvalue weighted by Crippen LogP contribution is -2.28. The molecule has 1 aromatic carbocycles. The number of fused-ring (bicyclic) bond motifs is 3. The summed E-state index contributed by atoms with van der Waals surface area (Å²) in [4.78, 5) is 8.51. The molecule has 3 aromatic heterocycles. The number of nitrogen functional groups attached to an aromatic ring is 1. The number of aromatic nitrogens is 4. The average Bonchev–Trinajstić information content (AvgIpc) is 3.44. The molecule has 0 radical (unpaired) electrons. The molecule has 2 aliphatic heterocycles. The summed E-state index contributed by atoms with van der Waals surface area (Å²) in [5.41, 5.74) is 9.61. The number of benzene rings is 1. The Labute approximate surface area is 184 Å². The van der Waals surface area contributed by atoms with Gasteiger partial charge in [-0.2, -0.15) is 5.10 Å². The van der Waals surface area contributed by atoms with Crippen LogP contribution in [0.3, 0.4) is 0 Å². The van der Waals surface area contributed by atoms with E-state index in [0.29, 0.717) is 5.82 Å². The molecule has 8 heteroatoms. The molecular weight excluding hydrogens is 406 g/mol. The molecule has 6 rings (SSSR count). The van der Waals surface area contributed by atoms with Crippen molar-refractivity contribution in [3.63, 3.8) is 0 Å². The fourth-order valence-electron chi connectivity index (χ4n) is 4.60. The van der Waals surface area contributed by atoms with Crippen LogP contribution in [0.15, 0.2) is 61.1 Å². The molecule has 0 unspecified atom stereocenters. The van der Waals surface area contributed by atoms with E-state index in [4.69, 9.17) is 19.9 Å². The molecule has 0 bridgehead atoms. The predicted molar refractivity (Wildman–Crippen MR) is 120 cm³/mol. The summed E-state index contributed by atoms with van der Waals surface area (Å²) in [6.07, 6.45) is 6.17. The van der Waals surface area contributed by atoms with Crippen LogP contribution in [-0.2, 0) is 14.2 Å². The van der Waals surface area contributed by atoms with E-state index in [-0.39, 0.29) is 24.4 Å². The van der Waals surface area contributed by atoms with Crippen molar-refractivity contribution in [2.24, 2.45) is 0 Å². The normalized spacial score (nSPS) is 26.9. The fourth-order valence-corrected chi connectivity index (χ4v) is 4.60. The van der Waals surface area contributed by atoms with Crippen molar-refractivity contribution >= 4 is 28.3 Å². The van der Waals surface area contributed by atoms with E-state index in [0.717, 1.165) is 27.7 Å². The predicted octanol–water partition coefficient (Wildman–Crippen LogP) is 3.53. The Balaban J connectivity index is 1.34. The second-order valence-electron chi connectivity index (χ2n) is 8.60. The molecule has 0 spiro atoms. The first-order valence-electron chi connectivity index (χ1n) is 10.6. The number of pyridine rings is 1. The number of hydrogen-bond acceptors (Lipinski definition) is 7. The van der Waals surface area contributed by atoms with Crippen LogP contribution in [0, 0.1) is 0 Å². The third-order valence-electron chi connectivity index (χ3n) is 6.00. The minimum Gasteiger partial charge on any atom is -0.382 e. The van der Waals surface area contributed by atoms with Gasteiger partial charge in [0.15, 0.2) is 11.6 Å². The monoisotopic (exact) mass is 429 g/mol. The Morgan fingerprint density at radius 2 is 1.94 bits per heavy atom. The van der Waals surface area contributed by atoms with Crippen molar-refractivity contribution in [3.8, 4) is 0 Å². The molecule has 2 N–H and O–H groups in total. The van der Waals surface area contributed by atoms with Crippen LogP contribution in [0.4, 0.5) is 5.82 Å². The maximum Gasteiger partial charge on any atom is 0.164 e. The van der Waals surface area contributed by atoms with Gasteiger partial charge in [0.1, 0.15) is 36.3 Å². The van der Waals surface area contributed by atoms with Crippen molar-refractivity contribution in [3.05, 3.63) is 72.3 Å². The lowest BCUT2D eigenvalue weighted by molar-refractivity contribution is -0.183. The van der Waals surface area contributed by atoms with Crippen molar-refractivity contribution < 1.29 is 14.2 Å². The van der Waals surface area contributed by atoms with Gasteiger partial charge in [0.2, 0.25) is 0 Å². The first-order chi connectivity index (χ1) is 15.5. The first-order valence-corrected chi connectivity index (χ1v) is 10.6. The summed E-state index contributed by atoms with van der Waals surface area (Å²) in [7, 11) is 0. The van der Waals surface area contributed by atoms with Gasteiger partial charge >= 0.3 is 0 Å². The number of nitrogens with two attached hydrogens (primary N) is 1. The van der Waals surface area contributed by atoms with Crippen molar-refractivity contribution in [2.45, 2.75) is 44.1 Å². The summed E-state index contributed by atoms with van der Waals surface area (Å²) in [5, 5.41) is 5.48. The van der Waals surface area contributed by atoms with E-state index in [1.807, 2.05) is 44.2 Å². The topological polar surface area (TPSA) is 96.8 Å². The van der Waals surface area contributed by atoms with Crippen LogP contribution in [0.25, 0.3) is 22.5 Å². The Morgan fingerprint density at radius 3 is 2.84 bits per heavy atom. The number of rotatable bonds is 3. The quantitative estimate of drug-likeness (QED) is 0.532. The van der Waals surface area contributed by atoms with Crippen molar-refractivity contribution in [1.82, 2.24) is 19.6 Å². The number of hydrogen-bond donors (Lipinski definition) is 1. The van der Waals surface area contributed by atoms with E-state index in [1.165, 1.54) is 6.33 Å². The van der Waals surface area contributed by atoms with Crippen molar-refractivity contribution in [2.75, 3.05) is 5.73 Å². The van der Waals surface area contributed by atoms with E-state index < -0.39 is 5.79 Å². The van der Waals surface area contributed by atoms with Crippen LogP contribution in [0.5, 0.6) is 0 Å². The van der Waals surface area contributed by atoms with Crippen LogP contribution in [0.2, 0.25) is 0 Å². The van der Waals surface area contributed by atoms with Crippen LogP contribution >= 0.6 is 0 Å². The van der Waals surface area contributed by atoms with Gasteiger partial charge in [0, 0.05) is 11.6 Å². The summed E-state index contributed by atoms with van der Waals surface area (Å²) in [6, 6.07) is 14.0. The maximum atomic E-state index is 6.45. The van der Waals surface area contributed by atoms with Crippen LogP contribution < -0.4 is 5.73 Å². The molecule has 2 fully saturated rings. The smallest absolute Gasteiger partial charge is 0.164 e. The zero-order valence-corrected chi connectivity index (χ0v) is 17.8. The molecule has 0 aliphatic carbocycles. The average molecular weight is 429 g/mol. The summed E-state index contributed by atoms with van der Waals surface area (Å²) in [6.45, 7) is 3.85. The highest BCUT2D eigenvalue weighted by Gasteiger charge is 2.55. The fraction of sp³-hybridized carbons (Fsp3) is 0.292. The first kappa shape index (κ1) is 19.4. The van der Waals surface area contributed by atoms with Gasteiger partial charge in [-0.1, -0.05) is 30.4 Å². The van der Waals surface area contributed by atoms with E-state index in [2.05, 4.69) is 39.3 Å². The Morgan fingerprint density at radius 1 is 1.06 bits per heavy atom. The Hall–Kier alpha value is -3.33. The second kappa shape index (κ2) is 7.09. The maximum absolute atomic E-state index is 6.45. The van der Waals surface area contributed by atoms with E-state index >= 15 is 0 Å². The zero-order chi connectivity index (χ0) is 21.9. The molecule has 162 valence electrons. The SMILES string of the molecule is CC1(C)O[C@@H]2[C@H](O1)[C@@H](/C=C/c1ccc3cccnc3c1)O[C@H]2c1ccc2c(N)ncnn12. The summed E-state index contributed by atoms with van der Waals surface area (Å²) >= 11 is 0. The molecule has 0 amide bonds. The molecule has 4 aromatic rings. The van der Waals surface area contributed by atoms with Crippen molar-refractivity contribution in [1.29, 1.82) is 0 Å². The third kappa shape index (κ3) is 3.15. The highest BCUT2D eigenvalue weighted by Crippen LogP contribution is 2.46. The molecule has 5 heterocycles.